The van der Waals surface area contributed by atoms with Gasteiger partial charge in [-0.05, 0) is 78.8 Å². The maximum Gasteiger partial charge on any atom is 0.494 e. The average molecular weight is 453 g/mol. The molecule has 7 nitrogen and oxygen atoms in total. The first kappa shape index (κ1) is 23.8. The van der Waals surface area contributed by atoms with Crippen LogP contribution in [0.5, 0.6) is 0 Å². The summed E-state index contributed by atoms with van der Waals surface area (Å²) < 4.78 is 18.1. The molecule has 2 aliphatic heterocycles. The second kappa shape index (κ2) is 8.47. The minimum Gasteiger partial charge on any atom is -0.444 e. The summed E-state index contributed by atoms with van der Waals surface area (Å²) in [6, 6.07) is 8.02. The summed E-state index contributed by atoms with van der Waals surface area (Å²) in [6.45, 7) is 14.6. The van der Waals surface area contributed by atoms with Crippen LogP contribution in [0, 0.1) is 0 Å². The van der Waals surface area contributed by atoms with Crippen LogP contribution in [0.4, 0.5) is 4.79 Å². The van der Waals surface area contributed by atoms with E-state index in [4.69, 9.17) is 14.0 Å². The van der Waals surface area contributed by atoms with E-state index >= 15 is 0 Å². The highest BCUT2D eigenvalue weighted by atomic mass is 16.7. The topological polar surface area (TPSA) is 76.7 Å². The van der Waals surface area contributed by atoms with Gasteiger partial charge in [-0.2, -0.15) is 0 Å². The van der Waals surface area contributed by atoms with Gasteiger partial charge in [-0.25, -0.2) is 9.78 Å². The van der Waals surface area contributed by atoms with Gasteiger partial charge in [0.05, 0.1) is 29.1 Å². The van der Waals surface area contributed by atoms with Crippen molar-refractivity contribution in [1.29, 1.82) is 0 Å². The van der Waals surface area contributed by atoms with Gasteiger partial charge in [-0.3, -0.25) is 4.90 Å². The number of likely N-dealkylation sites (tertiary alicyclic amines) is 1. The molecule has 4 rings (SSSR count). The molecule has 1 aromatic carbocycles. The molecule has 8 heteroatoms. The Balaban J connectivity index is 1.55. The number of nitrogens with zero attached hydrogens (tertiary/aromatic N) is 2. The fraction of sp³-hybridized carbons (Fsp3) is 0.600. The quantitative estimate of drug-likeness (QED) is 0.674. The molecule has 178 valence electrons. The number of ether oxygens (including phenoxy) is 1. The minimum absolute atomic E-state index is 0.117. The summed E-state index contributed by atoms with van der Waals surface area (Å²) in [5, 5.41) is 0. The molecule has 2 aliphatic rings. The Labute approximate surface area is 197 Å². The predicted octanol–water partition coefficient (Wildman–Crippen LogP) is 4.84. The van der Waals surface area contributed by atoms with Crippen LogP contribution in [0.15, 0.2) is 30.5 Å². The van der Waals surface area contributed by atoms with Crippen LogP contribution in [0.2, 0.25) is 0 Å². The monoisotopic (exact) mass is 453 g/mol. The number of nitrogens with one attached hydrogen (secondary N) is 1. The summed E-state index contributed by atoms with van der Waals surface area (Å²) in [6.07, 6.45) is 4.44. The van der Waals surface area contributed by atoms with Crippen LogP contribution in [0.1, 0.15) is 79.6 Å². The van der Waals surface area contributed by atoms with Crippen molar-refractivity contribution in [1.82, 2.24) is 14.9 Å². The second-order valence-electron chi connectivity index (χ2n) is 11.1. The lowest BCUT2D eigenvalue weighted by Crippen LogP contribution is -2.42. The molecule has 2 fully saturated rings. The normalized spacial score (nSPS) is 22.5. The number of amides is 1. The third-order valence-corrected chi connectivity index (χ3v) is 6.76. The minimum atomic E-state index is -0.526. The number of hydrogen-bond acceptors (Lipinski definition) is 5. The summed E-state index contributed by atoms with van der Waals surface area (Å²) in [5.74, 6) is 0.789. The van der Waals surface area contributed by atoms with Crippen molar-refractivity contribution in [2.75, 3.05) is 6.54 Å². The number of carbonyl (C=O) groups excluding carboxylic acids is 1. The number of rotatable bonds is 3. The van der Waals surface area contributed by atoms with Crippen molar-refractivity contribution in [2.24, 2.45) is 0 Å². The van der Waals surface area contributed by atoms with Crippen LogP contribution in [-0.2, 0) is 14.0 Å². The number of carbonyl (C=O) groups is 1. The fourth-order valence-electron chi connectivity index (χ4n) is 4.24. The average Bonchev–Trinajstić information content (AvgIpc) is 3.29. The number of piperidine rings is 1. The fourth-order valence-corrected chi connectivity index (χ4v) is 4.24. The Kier molecular flexibility index (Phi) is 6.12. The van der Waals surface area contributed by atoms with E-state index in [1.165, 1.54) is 0 Å². The van der Waals surface area contributed by atoms with Gasteiger partial charge in [0.2, 0.25) is 0 Å². The summed E-state index contributed by atoms with van der Waals surface area (Å²) in [4.78, 5) is 22.7. The smallest absolute Gasteiger partial charge is 0.444 e. The maximum absolute atomic E-state index is 12.8. The molecular weight excluding hydrogens is 417 g/mol. The van der Waals surface area contributed by atoms with Crippen LogP contribution in [0.3, 0.4) is 0 Å². The largest absolute Gasteiger partial charge is 0.494 e. The highest BCUT2D eigenvalue weighted by Crippen LogP contribution is 2.37. The van der Waals surface area contributed by atoms with Crippen molar-refractivity contribution in [3.63, 3.8) is 0 Å². The Morgan fingerprint density at radius 1 is 1.18 bits per heavy atom. The third kappa shape index (κ3) is 4.97. The first-order valence-electron chi connectivity index (χ1n) is 11.9. The van der Waals surface area contributed by atoms with Gasteiger partial charge in [0, 0.05) is 6.54 Å². The van der Waals surface area contributed by atoms with Gasteiger partial charge < -0.3 is 19.0 Å². The molecule has 33 heavy (non-hydrogen) atoms. The summed E-state index contributed by atoms with van der Waals surface area (Å²) in [5.41, 5.74) is 1.57. The van der Waals surface area contributed by atoms with Gasteiger partial charge in [0.15, 0.2) is 0 Å². The molecule has 2 aromatic rings. The molecule has 0 spiro atoms. The van der Waals surface area contributed by atoms with Crippen LogP contribution in [-0.4, -0.2) is 51.4 Å². The van der Waals surface area contributed by atoms with E-state index in [2.05, 4.69) is 43.7 Å². The Hall–Kier alpha value is -2.32. The zero-order valence-corrected chi connectivity index (χ0v) is 20.9. The molecular formula is C25H36BN3O4. The number of aromatic amines is 1. The lowest BCUT2D eigenvalue weighted by Gasteiger charge is -2.35. The Bertz CT molecular complexity index is 995. The van der Waals surface area contributed by atoms with E-state index < -0.39 is 12.7 Å². The highest BCUT2D eigenvalue weighted by Gasteiger charge is 2.51. The van der Waals surface area contributed by atoms with E-state index in [1.54, 1.807) is 4.90 Å². The van der Waals surface area contributed by atoms with Gasteiger partial charge in [0.25, 0.3) is 0 Å². The van der Waals surface area contributed by atoms with Gasteiger partial charge >= 0.3 is 13.2 Å². The second-order valence-corrected chi connectivity index (χ2v) is 11.1. The summed E-state index contributed by atoms with van der Waals surface area (Å²) >= 11 is 0. The lowest BCUT2D eigenvalue weighted by molar-refractivity contribution is 0.00578. The SMILES string of the molecule is CC(C)(C)OC(=O)N1CCCCC1c1ncc(-c2cccc(B3OC(C)(C)C(C)(C)O3)c2)[nH]1. The first-order chi connectivity index (χ1) is 15.4. The lowest BCUT2D eigenvalue weighted by atomic mass is 9.78. The van der Waals surface area contributed by atoms with Crippen LogP contribution < -0.4 is 5.46 Å². The molecule has 0 aliphatic carbocycles. The van der Waals surface area contributed by atoms with Gasteiger partial charge in [-0.1, -0.05) is 24.3 Å². The molecule has 1 N–H and O–H groups in total. The first-order valence-corrected chi connectivity index (χ1v) is 11.9. The van der Waals surface area contributed by atoms with E-state index in [9.17, 15) is 4.79 Å². The molecule has 1 atom stereocenters. The predicted molar refractivity (Wildman–Crippen MR) is 129 cm³/mol. The van der Waals surface area contributed by atoms with E-state index in [-0.39, 0.29) is 23.3 Å². The molecule has 2 saturated heterocycles. The third-order valence-electron chi connectivity index (χ3n) is 6.76. The van der Waals surface area contributed by atoms with Crippen LogP contribution >= 0.6 is 0 Å². The number of hydrogen-bond donors (Lipinski definition) is 1. The number of aromatic nitrogens is 2. The zero-order valence-electron chi connectivity index (χ0n) is 20.9. The molecule has 1 amide bonds. The van der Waals surface area contributed by atoms with Crippen molar-refractivity contribution < 1.29 is 18.8 Å². The molecule has 0 bridgehead atoms. The van der Waals surface area contributed by atoms with E-state index in [0.717, 1.165) is 41.8 Å². The van der Waals surface area contributed by atoms with E-state index in [0.29, 0.717) is 6.54 Å². The molecule has 0 radical (unpaired) electrons. The number of benzene rings is 1. The maximum atomic E-state index is 12.8. The standard InChI is InChI=1S/C25H36BN3O4/c1-23(2,3)31-22(30)29-14-9-8-13-20(29)21-27-16-19(28-21)17-11-10-12-18(15-17)26-32-24(4,5)25(6,7)33-26/h10-12,15-16,20H,8-9,13-14H2,1-7H3,(H,27,28). The Morgan fingerprint density at radius 3 is 2.55 bits per heavy atom. The van der Waals surface area contributed by atoms with E-state index in [1.807, 2.05) is 45.2 Å². The highest BCUT2D eigenvalue weighted by molar-refractivity contribution is 6.62. The van der Waals surface area contributed by atoms with Gasteiger partial charge in [-0.15, -0.1) is 0 Å². The molecule has 1 aromatic heterocycles. The van der Waals surface area contributed by atoms with Crippen molar-refractivity contribution >= 4 is 18.7 Å². The van der Waals surface area contributed by atoms with Crippen molar-refractivity contribution in [3.05, 3.63) is 36.3 Å². The summed E-state index contributed by atoms with van der Waals surface area (Å²) in [7, 11) is -0.418. The molecule has 0 saturated carbocycles. The molecule has 1 unspecified atom stereocenters. The van der Waals surface area contributed by atoms with Crippen molar-refractivity contribution in [3.8, 4) is 11.3 Å². The molecule has 3 heterocycles. The van der Waals surface area contributed by atoms with Crippen LogP contribution in [0.25, 0.3) is 11.3 Å². The number of imidazole rings is 1. The zero-order chi connectivity index (χ0) is 24.0. The van der Waals surface area contributed by atoms with Gasteiger partial charge in [0.1, 0.15) is 11.4 Å². The Morgan fingerprint density at radius 2 is 1.88 bits per heavy atom. The number of H-pyrrole nitrogens is 1. The van der Waals surface area contributed by atoms with Crippen molar-refractivity contribution in [2.45, 2.75) is 90.6 Å².